The average Bonchev–Trinajstić information content (AvgIpc) is 2.38. The highest BCUT2D eigenvalue weighted by molar-refractivity contribution is 7.99. The van der Waals surface area contributed by atoms with Crippen LogP contribution in [0.4, 0.5) is 0 Å². The van der Waals surface area contributed by atoms with Gasteiger partial charge >= 0.3 is 0 Å². The summed E-state index contributed by atoms with van der Waals surface area (Å²) >= 11 is 1.25. The zero-order valence-corrected chi connectivity index (χ0v) is 11.3. The molecule has 0 atom stereocenters. The molecule has 1 heterocycles. The maximum absolute atomic E-state index is 11.8. The Kier molecular flexibility index (Phi) is 5.57. The number of carbonyl (C=O) groups excluding carboxylic acids is 1. The molecule has 6 nitrogen and oxygen atoms in total. The van der Waals surface area contributed by atoms with Gasteiger partial charge in [0.15, 0.2) is 5.16 Å². The van der Waals surface area contributed by atoms with Gasteiger partial charge in [0.05, 0.1) is 5.75 Å². The summed E-state index contributed by atoms with van der Waals surface area (Å²) in [7, 11) is 0. The third-order valence-electron chi connectivity index (χ3n) is 2.35. The van der Waals surface area contributed by atoms with E-state index in [1.807, 2.05) is 13.8 Å². The number of thioether (sulfide) groups is 1. The van der Waals surface area contributed by atoms with Crippen molar-refractivity contribution in [3.05, 3.63) is 18.0 Å². The molecule has 0 unspecified atom stereocenters. The second-order valence-electron chi connectivity index (χ2n) is 3.49. The van der Waals surface area contributed by atoms with Crippen LogP contribution in [0, 0.1) is 5.41 Å². The predicted octanol–water partition coefficient (Wildman–Crippen LogP) is 0.721. The number of hydrogen-bond acceptors (Lipinski definition) is 5. The smallest absolute Gasteiger partial charge is 0.233 e. The molecule has 0 bridgehead atoms. The topological polar surface area (TPSA) is 96.0 Å². The van der Waals surface area contributed by atoms with Gasteiger partial charge in [-0.25, -0.2) is 9.97 Å². The van der Waals surface area contributed by atoms with Crippen LogP contribution in [0.25, 0.3) is 0 Å². The molecule has 0 fully saturated rings. The largest absolute Gasteiger partial charge is 0.382 e. The molecule has 0 saturated carbocycles. The Morgan fingerprint density at radius 1 is 1.50 bits per heavy atom. The van der Waals surface area contributed by atoms with Gasteiger partial charge in [0.25, 0.3) is 0 Å². The molecule has 1 aromatic rings. The quantitative estimate of drug-likeness (QED) is 0.343. The van der Waals surface area contributed by atoms with Gasteiger partial charge in [-0.05, 0) is 19.9 Å². The molecular formula is C11H17N5OS. The lowest BCUT2D eigenvalue weighted by atomic mass is 10.4. The summed E-state index contributed by atoms with van der Waals surface area (Å²) in [6, 6.07) is 1.57. The van der Waals surface area contributed by atoms with Crippen LogP contribution < -0.4 is 5.73 Å². The minimum atomic E-state index is -0.102. The Morgan fingerprint density at radius 2 is 2.17 bits per heavy atom. The van der Waals surface area contributed by atoms with Crippen molar-refractivity contribution in [3.63, 3.8) is 0 Å². The van der Waals surface area contributed by atoms with E-state index in [0.717, 1.165) is 0 Å². The minimum Gasteiger partial charge on any atom is -0.382 e. The molecule has 1 rings (SSSR count). The number of nitrogens with two attached hydrogens (primary N) is 1. The zero-order valence-electron chi connectivity index (χ0n) is 10.5. The number of aromatic nitrogens is 2. The highest BCUT2D eigenvalue weighted by Gasteiger charge is 2.11. The fourth-order valence-corrected chi connectivity index (χ4v) is 2.09. The van der Waals surface area contributed by atoms with Crippen LogP contribution in [0.2, 0.25) is 0 Å². The van der Waals surface area contributed by atoms with Gasteiger partial charge in [0.1, 0.15) is 11.5 Å². The lowest BCUT2D eigenvalue weighted by Crippen LogP contribution is -2.31. The number of nitrogens with zero attached hydrogens (tertiary/aromatic N) is 3. The monoisotopic (exact) mass is 267 g/mol. The highest BCUT2D eigenvalue weighted by atomic mass is 32.2. The van der Waals surface area contributed by atoms with Gasteiger partial charge in [-0.1, -0.05) is 11.8 Å². The zero-order chi connectivity index (χ0) is 13.5. The van der Waals surface area contributed by atoms with E-state index in [-0.39, 0.29) is 11.7 Å². The Labute approximate surface area is 110 Å². The first-order valence-corrected chi connectivity index (χ1v) is 6.65. The number of carbonyl (C=O) groups is 1. The average molecular weight is 267 g/mol. The van der Waals surface area contributed by atoms with Crippen LogP contribution in [0.3, 0.4) is 0 Å². The molecule has 98 valence electrons. The van der Waals surface area contributed by atoms with Crippen molar-refractivity contribution in [2.45, 2.75) is 19.0 Å². The number of nitrogens with one attached hydrogen (secondary N) is 1. The Hall–Kier alpha value is -1.63. The lowest BCUT2D eigenvalue weighted by Gasteiger charge is -2.17. The summed E-state index contributed by atoms with van der Waals surface area (Å²) in [5.41, 5.74) is 5.72. The second kappa shape index (κ2) is 6.95. The van der Waals surface area contributed by atoms with Crippen molar-refractivity contribution in [1.29, 1.82) is 5.41 Å². The second-order valence-corrected chi connectivity index (χ2v) is 4.44. The number of rotatable bonds is 6. The fraction of sp³-hybridized carbons (Fsp3) is 0.455. The molecule has 1 amide bonds. The molecular weight excluding hydrogens is 250 g/mol. The molecule has 1 aromatic heterocycles. The molecule has 0 aliphatic heterocycles. The molecule has 0 spiro atoms. The number of nitrogen functional groups attached to an aromatic ring is 1. The maximum atomic E-state index is 11.8. The van der Waals surface area contributed by atoms with Gasteiger partial charge in [0.2, 0.25) is 5.91 Å². The van der Waals surface area contributed by atoms with Crippen molar-refractivity contribution in [1.82, 2.24) is 14.9 Å². The third kappa shape index (κ3) is 3.99. The molecule has 0 saturated heterocycles. The number of amidine groups is 1. The molecule has 0 aliphatic rings. The van der Waals surface area contributed by atoms with E-state index in [9.17, 15) is 4.79 Å². The van der Waals surface area contributed by atoms with E-state index in [1.54, 1.807) is 11.0 Å². The summed E-state index contributed by atoms with van der Waals surface area (Å²) in [6.07, 6.45) is 1.54. The molecule has 7 heteroatoms. The molecule has 0 radical (unpaired) electrons. The van der Waals surface area contributed by atoms with E-state index >= 15 is 0 Å². The van der Waals surface area contributed by atoms with Crippen molar-refractivity contribution in [3.8, 4) is 0 Å². The molecule has 3 N–H and O–H groups in total. The van der Waals surface area contributed by atoms with Crippen LogP contribution in [0.1, 0.15) is 19.5 Å². The minimum absolute atomic E-state index is 0.0572. The van der Waals surface area contributed by atoms with Gasteiger partial charge in [-0.3, -0.25) is 10.2 Å². The van der Waals surface area contributed by atoms with Gasteiger partial charge in [-0.15, -0.1) is 0 Å². The Bertz CT molecular complexity index is 433. The first kappa shape index (κ1) is 14.4. The van der Waals surface area contributed by atoms with Crippen LogP contribution in [-0.4, -0.2) is 45.5 Å². The normalized spacial score (nSPS) is 10.1. The van der Waals surface area contributed by atoms with Crippen molar-refractivity contribution in [2.24, 2.45) is 5.73 Å². The van der Waals surface area contributed by atoms with Gasteiger partial charge in [0, 0.05) is 19.3 Å². The SMILES string of the molecule is CCN(CC)C(=O)CSc1nccc(C(=N)N)n1. The van der Waals surface area contributed by atoms with Gasteiger partial charge < -0.3 is 10.6 Å². The fourth-order valence-electron chi connectivity index (χ4n) is 1.35. The highest BCUT2D eigenvalue weighted by Crippen LogP contribution is 2.13. The van der Waals surface area contributed by atoms with E-state index in [4.69, 9.17) is 11.1 Å². The first-order chi connectivity index (χ1) is 8.58. The Balaban J connectivity index is 2.61. The lowest BCUT2D eigenvalue weighted by molar-refractivity contribution is -0.127. The van der Waals surface area contributed by atoms with Crippen LogP contribution in [-0.2, 0) is 4.79 Å². The van der Waals surface area contributed by atoms with E-state index in [2.05, 4.69) is 9.97 Å². The van der Waals surface area contributed by atoms with Crippen molar-refractivity contribution >= 4 is 23.5 Å². The van der Waals surface area contributed by atoms with E-state index in [0.29, 0.717) is 29.7 Å². The van der Waals surface area contributed by atoms with Gasteiger partial charge in [-0.2, -0.15) is 0 Å². The first-order valence-electron chi connectivity index (χ1n) is 5.66. The standard InChI is InChI=1S/C11H17N5OS/c1-3-16(4-2)9(17)7-18-11-14-6-5-8(15-11)10(12)13/h5-6H,3-4,7H2,1-2H3,(H3,12,13). The maximum Gasteiger partial charge on any atom is 0.233 e. The summed E-state index contributed by atoms with van der Waals surface area (Å²) < 4.78 is 0. The van der Waals surface area contributed by atoms with E-state index < -0.39 is 0 Å². The number of amides is 1. The Morgan fingerprint density at radius 3 is 2.72 bits per heavy atom. The summed E-state index contributed by atoms with van der Waals surface area (Å²) in [5, 5.41) is 7.74. The predicted molar refractivity (Wildman–Crippen MR) is 71.7 cm³/mol. The van der Waals surface area contributed by atoms with Crippen LogP contribution in [0.15, 0.2) is 17.4 Å². The summed E-state index contributed by atoms with van der Waals surface area (Å²) in [5.74, 6) is 0.249. The van der Waals surface area contributed by atoms with Crippen molar-refractivity contribution in [2.75, 3.05) is 18.8 Å². The number of hydrogen-bond donors (Lipinski definition) is 2. The summed E-state index contributed by atoms with van der Waals surface area (Å²) in [6.45, 7) is 5.28. The molecule has 0 aliphatic carbocycles. The van der Waals surface area contributed by atoms with E-state index in [1.165, 1.54) is 18.0 Å². The summed E-state index contributed by atoms with van der Waals surface area (Å²) in [4.78, 5) is 21.7. The van der Waals surface area contributed by atoms with Crippen molar-refractivity contribution < 1.29 is 4.79 Å². The third-order valence-corrected chi connectivity index (χ3v) is 3.20. The molecule has 0 aromatic carbocycles. The van der Waals surface area contributed by atoms with Crippen LogP contribution in [0.5, 0.6) is 0 Å². The molecule has 18 heavy (non-hydrogen) atoms. The van der Waals surface area contributed by atoms with Crippen LogP contribution >= 0.6 is 11.8 Å².